The zero-order chi connectivity index (χ0) is 19.5. The summed E-state index contributed by atoms with van der Waals surface area (Å²) in [5.74, 6) is -0.343. The number of carbonyl (C=O) groups is 2. The largest absolute Gasteiger partial charge is 0.461 e. The lowest BCUT2D eigenvalue weighted by Gasteiger charge is -2.24. The molecule has 0 aliphatic heterocycles. The first-order valence-electron chi connectivity index (χ1n) is 9.22. The van der Waals surface area contributed by atoms with E-state index >= 15 is 0 Å². The molecule has 2 rings (SSSR count). The first kappa shape index (κ1) is 20.3. The van der Waals surface area contributed by atoms with Gasteiger partial charge in [0.15, 0.2) is 0 Å². The molecule has 144 valence electrons. The third kappa shape index (κ3) is 6.66. The molecule has 0 saturated heterocycles. The Kier molecular flexibility index (Phi) is 8.16. The van der Waals surface area contributed by atoms with E-state index in [2.05, 4.69) is 29.4 Å². The number of benzene rings is 2. The molecule has 0 aromatic heterocycles. The van der Waals surface area contributed by atoms with Gasteiger partial charge >= 0.3 is 12.0 Å². The molecule has 0 spiro atoms. The third-order valence-electron chi connectivity index (χ3n) is 4.13. The summed E-state index contributed by atoms with van der Waals surface area (Å²) >= 11 is 0. The molecule has 27 heavy (non-hydrogen) atoms. The van der Waals surface area contributed by atoms with Crippen LogP contribution in [-0.2, 0) is 16.1 Å². The molecular weight excluding hydrogens is 342 g/mol. The Morgan fingerprint density at radius 2 is 1.63 bits per heavy atom. The van der Waals surface area contributed by atoms with Gasteiger partial charge < -0.3 is 20.3 Å². The van der Waals surface area contributed by atoms with E-state index < -0.39 is 0 Å². The second-order valence-electron chi connectivity index (χ2n) is 5.96. The number of nitrogens with one attached hydrogen (secondary N) is 2. The van der Waals surface area contributed by atoms with Crippen LogP contribution in [0.4, 0.5) is 16.2 Å². The van der Waals surface area contributed by atoms with E-state index in [0.29, 0.717) is 5.69 Å². The lowest BCUT2D eigenvalue weighted by Crippen LogP contribution is -2.30. The Hall–Kier alpha value is -3.02. The maximum absolute atomic E-state index is 12.0. The number of carbonyl (C=O) groups excluding carboxylic acids is 2. The van der Waals surface area contributed by atoms with Crippen LogP contribution < -0.4 is 15.5 Å². The Morgan fingerprint density at radius 1 is 0.963 bits per heavy atom. The minimum Gasteiger partial charge on any atom is -0.461 e. The van der Waals surface area contributed by atoms with Gasteiger partial charge in [-0.3, -0.25) is 4.79 Å². The zero-order valence-corrected chi connectivity index (χ0v) is 15.9. The van der Waals surface area contributed by atoms with E-state index in [1.807, 2.05) is 42.5 Å². The number of ether oxygens (including phenoxy) is 1. The summed E-state index contributed by atoms with van der Waals surface area (Å²) in [5, 5.41) is 5.35. The van der Waals surface area contributed by atoms with Crippen molar-refractivity contribution >= 4 is 23.4 Å². The molecule has 0 heterocycles. The lowest BCUT2D eigenvalue weighted by atomic mass is 10.1. The van der Waals surface area contributed by atoms with Crippen LogP contribution in [0.15, 0.2) is 54.6 Å². The number of nitrogens with zero attached hydrogens (tertiary/aromatic N) is 1. The van der Waals surface area contributed by atoms with Crippen LogP contribution in [0.5, 0.6) is 0 Å². The first-order chi connectivity index (χ1) is 13.1. The minimum absolute atomic E-state index is 0.121. The molecule has 0 radical (unpaired) electrons. The second-order valence-corrected chi connectivity index (χ2v) is 5.96. The molecule has 2 aromatic carbocycles. The molecule has 0 saturated carbocycles. The van der Waals surface area contributed by atoms with Crippen LogP contribution in [0, 0.1) is 0 Å². The van der Waals surface area contributed by atoms with Gasteiger partial charge in [-0.25, -0.2) is 4.79 Å². The topological polar surface area (TPSA) is 70.7 Å². The summed E-state index contributed by atoms with van der Waals surface area (Å²) in [4.78, 5) is 26.0. The maximum Gasteiger partial charge on any atom is 0.319 e. The molecule has 0 bridgehead atoms. The van der Waals surface area contributed by atoms with Gasteiger partial charge in [-0.05, 0) is 32.0 Å². The average Bonchev–Trinajstić information content (AvgIpc) is 2.69. The fourth-order valence-electron chi connectivity index (χ4n) is 2.71. The number of hydrogen-bond acceptors (Lipinski definition) is 4. The van der Waals surface area contributed by atoms with Gasteiger partial charge in [0.25, 0.3) is 0 Å². The fourth-order valence-corrected chi connectivity index (χ4v) is 2.71. The SMILES string of the molecule is CCN(CC)c1ccccc1COC(=O)CCNC(=O)Nc1ccccc1. The summed E-state index contributed by atoms with van der Waals surface area (Å²) in [6.45, 7) is 6.41. The smallest absolute Gasteiger partial charge is 0.319 e. The molecule has 0 aliphatic rings. The lowest BCUT2D eigenvalue weighted by molar-refractivity contribution is -0.144. The van der Waals surface area contributed by atoms with Gasteiger partial charge in [-0.2, -0.15) is 0 Å². The molecule has 0 atom stereocenters. The number of anilines is 2. The summed E-state index contributed by atoms with van der Waals surface area (Å²) in [7, 11) is 0. The van der Waals surface area contributed by atoms with Crippen LogP contribution in [0.3, 0.4) is 0 Å². The van der Waals surface area contributed by atoms with Gasteiger partial charge in [0, 0.05) is 36.6 Å². The van der Waals surface area contributed by atoms with Crippen LogP contribution in [0.2, 0.25) is 0 Å². The van der Waals surface area contributed by atoms with Crippen LogP contribution >= 0.6 is 0 Å². The van der Waals surface area contributed by atoms with Crippen molar-refractivity contribution in [2.45, 2.75) is 26.9 Å². The van der Waals surface area contributed by atoms with Crippen molar-refractivity contribution in [1.82, 2.24) is 5.32 Å². The van der Waals surface area contributed by atoms with Crippen LogP contribution in [-0.4, -0.2) is 31.6 Å². The van der Waals surface area contributed by atoms with Gasteiger partial charge in [-0.15, -0.1) is 0 Å². The first-order valence-corrected chi connectivity index (χ1v) is 9.22. The van der Waals surface area contributed by atoms with Crippen molar-refractivity contribution in [1.29, 1.82) is 0 Å². The van der Waals surface area contributed by atoms with Crippen LogP contribution in [0.1, 0.15) is 25.8 Å². The van der Waals surface area contributed by atoms with Crippen molar-refractivity contribution < 1.29 is 14.3 Å². The highest BCUT2D eigenvalue weighted by Crippen LogP contribution is 2.21. The molecule has 0 fully saturated rings. The molecule has 6 heteroatoms. The van der Waals surface area contributed by atoms with E-state index in [1.165, 1.54) is 0 Å². The summed E-state index contributed by atoms with van der Waals surface area (Å²) in [6.07, 6.45) is 0.121. The van der Waals surface area contributed by atoms with Crippen LogP contribution in [0.25, 0.3) is 0 Å². The van der Waals surface area contributed by atoms with E-state index in [0.717, 1.165) is 24.3 Å². The normalized spacial score (nSPS) is 10.1. The Balaban J connectivity index is 1.74. The maximum atomic E-state index is 12.0. The van der Waals surface area contributed by atoms with Crippen molar-refractivity contribution in [2.75, 3.05) is 29.9 Å². The Labute approximate surface area is 160 Å². The van der Waals surface area contributed by atoms with Crippen molar-refractivity contribution in [3.8, 4) is 0 Å². The van der Waals surface area contributed by atoms with E-state index in [-0.39, 0.29) is 31.6 Å². The number of esters is 1. The highest BCUT2D eigenvalue weighted by Gasteiger charge is 2.10. The fraction of sp³-hybridized carbons (Fsp3) is 0.333. The van der Waals surface area contributed by atoms with Crippen molar-refractivity contribution in [2.24, 2.45) is 0 Å². The highest BCUT2D eigenvalue weighted by atomic mass is 16.5. The number of rotatable bonds is 9. The predicted molar refractivity (Wildman–Crippen MR) is 108 cm³/mol. The van der Waals surface area contributed by atoms with Crippen molar-refractivity contribution in [3.05, 3.63) is 60.2 Å². The number of para-hydroxylation sites is 2. The Bertz CT molecular complexity index is 730. The summed E-state index contributed by atoms with van der Waals surface area (Å²) in [5.41, 5.74) is 2.76. The molecular formula is C21H27N3O3. The predicted octanol–water partition coefficient (Wildman–Crippen LogP) is 3.79. The molecule has 6 nitrogen and oxygen atoms in total. The standard InChI is InChI=1S/C21H27N3O3/c1-3-24(4-2)19-13-9-8-10-17(19)16-27-20(25)14-15-22-21(26)23-18-11-6-5-7-12-18/h5-13H,3-4,14-16H2,1-2H3,(H2,22,23,26). The van der Waals surface area contributed by atoms with E-state index in [1.54, 1.807) is 12.1 Å². The average molecular weight is 369 g/mol. The molecule has 0 unspecified atom stereocenters. The molecule has 2 amide bonds. The van der Waals surface area contributed by atoms with Gasteiger partial charge in [-0.1, -0.05) is 36.4 Å². The van der Waals surface area contributed by atoms with Crippen molar-refractivity contribution in [3.63, 3.8) is 0 Å². The second kappa shape index (κ2) is 10.9. The molecule has 2 N–H and O–H groups in total. The Morgan fingerprint density at radius 3 is 2.33 bits per heavy atom. The molecule has 2 aromatic rings. The molecule has 0 aliphatic carbocycles. The zero-order valence-electron chi connectivity index (χ0n) is 15.9. The van der Waals surface area contributed by atoms with E-state index in [9.17, 15) is 9.59 Å². The number of amides is 2. The van der Waals surface area contributed by atoms with Gasteiger partial charge in [0.2, 0.25) is 0 Å². The summed E-state index contributed by atoms with van der Waals surface area (Å²) in [6, 6.07) is 16.7. The summed E-state index contributed by atoms with van der Waals surface area (Å²) < 4.78 is 5.37. The third-order valence-corrected chi connectivity index (χ3v) is 4.13. The van der Waals surface area contributed by atoms with Gasteiger partial charge in [0.05, 0.1) is 6.42 Å². The monoisotopic (exact) mass is 369 g/mol. The number of hydrogen-bond donors (Lipinski definition) is 2. The van der Waals surface area contributed by atoms with Gasteiger partial charge in [0.1, 0.15) is 6.61 Å². The quantitative estimate of drug-likeness (QED) is 0.660. The minimum atomic E-state index is -0.346. The van der Waals surface area contributed by atoms with E-state index in [4.69, 9.17) is 4.74 Å². The number of urea groups is 1. The highest BCUT2D eigenvalue weighted by molar-refractivity contribution is 5.89.